The van der Waals surface area contributed by atoms with Gasteiger partial charge in [0.2, 0.25) is 0 Å². The van der Waals surface area contributed by atoms with Crippen molar-refractivity contribution in [2.75, 3.05) is 11.4 Å². The van der Waals surface area contributed by atoms with Gasteiger partial charge in [0.15, 0.2) is 15.6 Å². The normalized spacial score (nSPS) is 10.9. The molecule has 0 bridgehead atoms. The maximum atomic E-state index is 13.1. The molecule has 1 amide bonds. The Morgan fingerprint density at radius 2 is 2.10 bits per heavy atom. The first-order chi connectivity index (χ1) is 13.5. The number of benzene rings is 1. The molecule has 152 valence electrons. The summed E-state index contributed by atoms with van der Waals surface area (Å²) in [5.41, 5.74) is 3.29. The molecule has 0 saturated carbocycles. The first-order valence-electron chi connectivity index (χ1n) is 8.92. The van der Waals surface area contributed by atoms with Crippen LogP contribution in [-0.4, -0.2) is 27.0 Å². The second-order valence-electron chi connectivity index (χ2n) is 6.57. The molecule has 0 aliphatic carbocycles. The molecular weight excluding hydrogens is 476 g/mol. The number of halogens is 2. The number of aryl methyl sites for hydroxylation is 3. The minimum Gasteiger partial charge on any atom is -0.444 e. The molecule has 0 N–H and O–H groups in total. The minimum atomic E-state index is -0.190. The van der Waals surface area contributed by atoms with E-state index in [1.165, 1.54) is 16.9 Å². The van der Waals surface area contributed by atoms with E-state index in [0.717, 1.165) is 28.7 Å². The lowest BCUT2D eigenvalue weighted by atomic mass is 10.1. The highest BCUT2D eigenvalue weighted by Gasteiger charge is 2.24. The molecule has 0 aliphatic heterocycles. The van der Waals surface area contributed by atoms with Crippen molar-refractivity contribution in [3.8, 4) is 0 Å². The monoisotopic (exact) mass is 494 g/mol. The van der Waals surface area contributed by atoms with Crippen LogP contribution in [0.3, 0.4) is 0 Å². The minimum absolute atomic E-state index is 0. The van der Waals surface area contributed by atoms with Gasteiger partial charge in [-0.05, 0) is 65.5 Å². The lowest BCUT2D eigenvalue weighted by Crippen LogP contribution is -2.32. The summed E-state index contributed by atoms with van der Waals surface area (Å²) in [5.74, 6) is 0.103. The van der Waals surface area contributed by atoms with Gasteiger partial charge in [0.05, 0.1) is 16.5 Å². The van der Waals surface area contributed by atoms with Crippen molar-refractivity contribution in [3.63, 3.8) is 0 Å². The standard InChI is InChI=1S/C20H19BrN4O2S.ClH/c1-13-4-6-16-18(14(13)2)23-20(28-16)25(10-3-9-24-11-8-22-12-24)19(26)15-5-7-17(21)27-15;/h4-8,11-12H,3,9-10H2,1-2H3;1H. The summed E-state index contributed by atoms with van der Waals surface area (Å²) in [4.78, 5) is 23.7. The van der Waals surface area contributed by atoms with Crippen molar-refractivity contribution < 1.29 is 9.21 Å². The van der Waals surface area contributed by atoms with E-state index >= 15 is 0 Å². The number of anilines is 1. The van der Waals surface area contributed by atoms with E-state index in [-0.39, 0.29) is 18.3 Å². The fraction of sp³-hybridized carbons (Fsp3) is 0.250. The van der Waals surface area contributed by atoms with E-state index in [0.29, 0.717) is 22.1 Å². The predicted octanol–water partition coefficient (Wildman–Crippen LogP) is 5.62. The topological polar surface area (TPSA) is 64.2 Å². The van der Waals surface area contributed by atoms with Crippen molar-refractivity contribution in [2.45, 2.75) is 26.8 Å². The Hall–Kier alpha value is -2.16. The fourth-order valence-corrected chi connectivity index (χ4v) is 4.36. The van der Waals surface area contributed by atoms with Crippen LogP contribution in [0.2, 0.25) is 0 Å². The molecule has 29 heavy (non-hydrogen) atoms. The molecule has 0 spiro atoms. The molecule has 4 aromatic rings. The Labute approximate surface area is 187 Å². The van der Waals surface area contributed by atoms with Gasteiger partial charge in [-0.25, -0.2) is 9.97 Å². The van der Waals surface area contributed by atoms with Gasteiger partial charge in [0, 0.05) is 25.5 Å². The van der Waals surface area contributed by atoms with Crippen molar-refractivity contribution in [2.24, 2.45) is 0 Å². The number of thiazole rings is 1. The van der Waals surface area contributed by atoms with E-state index < -0.39 is 0 Å². The average Bonchev–Trinajstić information content (AvgIpc) is 3.42. The van der Waals surface area contributed by atoms with Gasteiger partial charge in [-0.15, -0.1) is 12.4 Å². The largest absolute Gasteiger partial charge is 0.444 e. The second kappa shape index (κ2) is 9.11. The van der Waals surface area contributed by atoms with Crippen LogP contribution >= 0.6 is 39.7 Å². The number of imidazole rings is 1. The van der Waals surface area contributed by atoms with E-state index in [1.54, 1.807) is 29.6 Å². The molecule has 0 unspecified atom stereocenters. The zero-order valence-electron chi connectivity index (χ0n) is 16.0. The Morgan fingerprint density at radius 3 is 2.79 bits per heavy atom. The Morgan fingerprint density at radius 1 is 1.28 bits per heavy atom. The van der Waals surface area contributed by atoms with Gasteiger partial charge in [0.1, 0.15) is 0 Å². The number of fused-ring (bicyclic) bond motifs is 1. The number of aromatic nitrogens is 3. The summed E-state index contributed by atoms with van der Waals surface area (Å²) in [6, 6.07) is 7.56. The molecule has 4 rings (SSSR count). The number of furan rings is 1. The summed E-state index contributed by atoms with van der Waals surface area (Å²) in [5, 5.41) is 0.687. The van der Waals surface area contributed by atoms with E-state index in [1.807, 2.05) is 10.8 Å². The number of carbonyl (C=O) groups excluding carboxylic acids is 1. The van der Waals surface area contributed by atoms with Crippen molar-refractivity contribution in [1.82, 2.24) is 14.5 Å². The van der Waals surface area contributed by atoms with Crippen LogP contribution in [0, 0.1) is 13.8 Å². The van der Waals surface area contributed by atoms with Gasteiger partial charge in [0.25, 0.3) is 5.91 Å². The third kappa shape index (κ3) is 4.55. The third-order valence-electron chi connectivity index (χ3n) is 4.69. The maximum Gasteiger partial charge on any atom is 0.295 e. The number of rotatable bonds is 6. The average molecular weight is 496 g/mol. The van der Waals surface area contributed by atoms with E-state index in [2.05, 4.69) is 46.9 Å². The summed E-state index contributed by atoms with van der Waals surface area (Å²) in [7, 11) is 0. The highest BCUT2D eigenvalue weighted by Crippen LogP contribution is 2.33. The number of amides is 1. The number of nitrogens with zero attached hydrogens (tertiary/aromatic N) is 4. The highest BCUT2D eigenvalue weighted by atomic mass is 79.9. The highest BCUT2D eigenvalue weighted by molar-refractivity contribution is 9.10. The van der Waals surface area contributed by atoms with Crippen molar-refractivity contribution in [3.05, 3.63) is 64.5 Å². The molecule has 3 aromatic heterocycles. The molecule has 1 aromatic carbocycles. The van der Waals surface area contributed by atoms with Gasteiger partial charge in [-0.2, -0.15) is 0 Å². The van der Waals surface area contributed by atoms with Crippen molar-refractivity contribution in [1.29, 1.82) is 0 Å². The number of carbonyl (C=O) groups is 1. The first-order valence-corrected chi connectivity index (χ1v) is 10.5. The van der Waals surface area contributed by atoms with Gasteiger partial charge in [-0.1, -0.05) is 17.4 Å². The smallest absolute Gasteiger partial charge is 0.295 e. The zero-order chi connectivity index (χ0) is 19.7. The fourth-order valence-electron chi connectivity index (χ4n) is 3.01. The molecular formula is C20H20BrClN4O2S. The zero-order valence-corrected chi connectivity index (χ0v) is 19.2. The van der Waals surface area contributed by atoms with Crippen LogP contribution in [0.4, 0.5) is 5.13 Å². The molecule has 3 heterocycles. The lowest BCUT2D eigenvalue weighted by Gasteiger charge is -2.18. The van der Waals surface area contributed by atoms with E-state index in [4.69, 9.17) is 9.40 Å². The number of hydrogen-bond acceptors (Lipinski definition) is 5. The molecule has 0 atom stereocenters. The van der Waals surface area contributed by atoms with Gasteiger partial charge >= 0.3 is 0 Å². The number of hydrogen-bond donors (Lipinski definition) is 0. The molecule has 0 saturated heterocycles. The van der Waals surface area contributed by atoms with Crippen LogP contribution in [-0.2, 0) is 6.54 Å². The molecule has 0 radical (unpaired) electrons. The Bertz CT molecular complexity index is 1120. The lowest BCUT2D eigenvalue weighted by molar-refractivity contribution is 0.0958. The Balaban J connectivity index is 0.00000240. The molecule has 9 heteroatoms. The van der Waals surface area contributed by atoms with Crippen molar-refractivity contribution >= 4 is 60.9 Å². The van der Waals surface area contributed by atoms with E-state index in [9.17, 15) is 4.79 Å². The predicted molar refractivity (Wildman–Crippen MR) is 121 cm³/mol. The molecule has 6 nitrogen and oxygen atoms in total. The van der Waals surface area contributed by atoms with Crippen LogP contribution in [0.25, 0.3) is 10.2 Å². The Kier molecular flexibility index (Phi) is 6.77. The van der Waals surface area contributed by atoms with Gasteiger partial charge < -0.3 is 8.98 Å². The quantitative estimate of drug-likeness (QED) is 0.348. The summed E-state index contributed by atoms with van der Waals surface area (Å²) in [6.45, 7) is 5.44. The van der Waals surface area contributed by atoms with Crippen LogP contribution < -0.4 is 4.90 Å². The van der Waals surface area contributed by atoms with Crippen LogP contribution in [0.15, 0.2) is 52.1 Å². The van der Waals surface area contributed by atoms with Gasteiger partial charge in [-0.3, -0.25) is 9.69 Å². The molecule has 0 fully saturated rings. The summed E-state index contributed by atoms with van der Waals surface area (Å²) < 4.78 is 9.11. The maximum absolute atomic E-state index is 13.1. The SMILES string of the molecule is Cc1ccc2sc(N(CCCn3ccnc3)C(=O)c3ccc(Br)o3)nc2c1C.Cl. The first kappa shape index (κ1) is 21.5. The molecule has 0 aliphatic rings. The third-order valence-corrected chi connectivity index (χ3v) is 6.16. The summed E-state index contributed by atoms with van der Waals surface area (Å²) >= 11 is 4.80. The van der Waals surface area contributed by atoms with Crippen LogP contribution in [0.5, 0.6) is 0 Å². The van der Waals surface area contributed by atoms with Crippen LogP contribution in [0.1, 0.15) is 28.1 Å². The summed E-state index contributed by atoms with van der Waals surface area (Å²) in [6.07, 6.45) is 6.22. The second-order valence-corrected chi connectivity index (χ2v) is 8.36.